The van der Waals surface area contributed by atoms with Crippen LogP contribution in [0.1, 0.15) is 62.6 Å². The first-order valence-corrected chi connectivity index (χ1v) is 8.56. The van der Waals surface area contributed by atoms with E-state index in [9.17, 15) is 9.90 Å². The lowest BCUT2D eigenvalue weighted by Gasteiger charge is -2.42. The average Bonchev–Trinajstić information content (AvgIpc) is 2.56. The van der Waals surface area contributed by atoms with E-state index in [0.29, 0.717) is 35.0 Å². The summed E-state index contributed by atoms with van der Waals surface area (Å²) in [6.45, 7) is 7.62. The minimum Gasteiger partial charge on any atom is -0.496 e. The Morgan fingerprint density at radius 3 is 2.52 bits per heavy atom. The van der Waals surface area contributed by atoms with Gasteiger partial charge in [-0.15, -0.1) is 0 Å². The molecule has 0 radical (unpaired) electrons. The number of Topliss-reactive ketones (excluding diaryl/α,β-unsaturated/α-hetero) is 1. The van der Waals surface area contributed by atoms with Crippen molar-refractivity contribution in [1.29, 1.82) is 0 Å². The van der Waals surface area contributed by atoms with Crippen molar-refractivity contribution < 1.29 is 28.8 Å². The van der Waals surface area contributed by atoms with Gasteiger partial charge in [0.15, 0.2) is 5.78 Å². The zero-order valence-electron chi connectivity index (χ0n) is 15.8. The molecule has 2 atom stereocenters. The third-order valence-corrected chi connectivity index (χ3v) is 4.47. The number of carbonyl (C=O) groups is 1. The quantitative estimate of drug-likeness (QED) is 0.599. The number of ketones is 1. The van der Waals surface area contributed by atoms with Gasteiger partial charge in [-0.2, -0.15) is 0 Å². The van der Waals surface area contributed by atoms with E-state index in [2.05, 4.69) is 6.92 Å². The molecule has 25 heavy (non-hydrogen) atoms. The molecular weight excluding hydrogens is 324 g/mol. The molecule has 1 aliphatic heterocycles. The smallest absolute Gasteiger partial charge is 0.167 e. The molecule has 1 aromatic carbocycles. The second-order valence-electron chi connectivity index (χ2n) is 6.75. The Hall–Kier alpha value is -1.79. The first-order chi connectivity index (χ1) is 11.8. The van der Waals surface area contributed by atoms with E-state index in [1.807, 2.05) is 0 Å². The molecule has 6 heteroatoms. The first-order valence-electron chi connectivity index (χ1n) is 8.56. The van der Waals surface area contributed by atoms with Crippen LogP contribution in [0.15, 0.2) is 6.07 Å². The van der Waals surface area contributed by atoms with Crippen LogP contribution >= 0.6 is 0 Å². The Labute approximate surface area is 149 Å². The molecule has 0 aliphatic carbocycles. The molecule has 0 saturated carbocycles. The lowest BCUT2D eigenvalue weighted by Crippen LogP contribution is -2.49. The molecule has 0 amide bonds. The highest BCUT2D eigenvalue weighted by Gasteiger charge is 2.46. The summed E-state index contributed by atoms with van der Waals surface area (Å²) in [6.07, 6.45) is 0.300. The number of benzene rings is 1. The fourth-order valence-corrected chi connectivity index (χ4v) is 3.08. The molecule has 2 rings (SSSR count). The van der Waals surface area contributed by atoms with Gasteiger partial charge in [-0.25, -0.2) is 0 Å². The molecule has 2 unspecified atom stereocenters. The zero-order valence-corrected chi connectivity index (χ0v) is 15.8. The highest BCUT2D eigenvalue weighted by Crippen LogP contribution is 2.50. The molecule has 1 N–H and O–H groups in total. The van der Waals surface area contributed by atoms with Crippen molar-refractivity contribution in [2.45, 2.75) is 58.3 Å². The fraction of sp³-hybridized carbons (Fsp3) is 0.632. The summed E-state index contributed by atoms with van der Waals surface area (Å²) in [6, 6.07) is 1.67. The minimum atomic E-state index is -0.904. The van der Waals surface area contributed by atoms with Gasteiger partial charge in [0.2, 0.25) is 0 Å². The Morgan fingerprint density at radius 1 is 1.32 bits per heavy atom. The molecule has 1 aromatic rings. The second kappa shape index (κ2) is 7.62. The molecule has 140 valence electrons. The normalized spacial score (nSPS) is 21.2. The molecule has 0 fully saturated rings. The summed E-state index contributed by atoms with van der Waals surface area (Å²) in [5, 5.41) is 10.8. The van der Waals surface area contributed by atoms with E-state index in [4.69, 9.17) is 18.9 Å². The molecule has 1 heterocycles. The number of hydrogen-bond donors (Lipinski definition) is 1. The lowest BCUT2D eigenvalue weighted by molar-refractivity contribution is -0.136. The van der Waals surface area contributed by atoms with E-state index < -0.39 is 17.8 Å². The van der Waals surface area contributed by atoms with Crippen LogP contribution in [-0.2, 0) is 4.74 Å². The maximum atomic E-state index is 12.2. The molecule has 0 bridgehead atoms. The summed E-state index contributed by atoms with van der Waals surface area (Å²) in [7, 11) is 2.97. The van der Waals surface area contributed by atoms with Gasteiger partial charge in [0.05, 0.1) is 19.8 Å². The second-order valence-corrected chi connectivity index (χ2v) is 6.75. The topological polar surface area (TPSA) is 74.2 Å². The predicted octanol–water partition coefficient (Wildman–Crippen LogP) is 3.30. The van der Waals surface area contributed by atoms with Crippen LogP contribution in [0.2, 0.25) is 0 Å². The van der Waals surface area contributed by atoms with Crippen molar-refractivity contribution in [3.63, 3.8) is 0 Å². The average molecular weight is 352 g/mol. The number of carbonyl (C=O) groups excluding carboxylic acids is 1. The van der Waals surface area contributed by atoms with Crippen molar-refractivity contribution in [2.75, 3.05) is 20.8 Å². The number of hydrogen-bond acceptors (Lipinski definition) is 6. The maximum absolute atomic E-state index is 12.2. The summed E-state index contributed by atoms with van der Waals surface area (Å²) < 4.78 is 22.9. The Kier molecular flexibility index (Phi) is 5.95. The largest absolute Gasteiger partial charge is 0.496 e. The number of fused-ring (bicyclic) bond motifs is 1. The van der Waals surface area contributed by atoms with Crippen molar-refractivity contribution >= 4 is 5.78 Å². The van der Waals surface area contributed by atoms with Gasteiger partial charge in [-0.1, -0.05) is 13.3 Å². The standard InChI is InChI=1S/C19H28O6/c1-7-8-9-24-17-15-13(25-19(3,4)18(17)21)10-12(22-5)14(11(2)20)16(15)23-6/h10,17-18,21H,7-9H2,1-6H3. The summed E-state index contributed by atoms with van der Waals surface area (Å²) >= 11 is 0. The Bertz CT molecular complexity index is 637. The van der Waals surface area contributed by atoms with Crippen LogP contribution in [0.25, 0.3) is 0 Å². The fourth-order valence-electron chi connectivity index (χ4n) is 3.08. The molecule has 1 aliphatic rings. The van der Waals surface area contributed by atoms with Crippen LogP contribution in [0, 0.1) is 0 Å². The van der Waals surface area contributed by atoms with Crippen molar-refractivity contribution in [1.82, 2.24) is 0 Å². The van der Waals surface area contributed by atoms with Gasteiger partial charge in [0.1, 0.15) is 40.6 Å². The third kappa shape index (κ3) is 3.60. The van der Waals surface area contributed by atoms with Crippen LogP contribution < -0.4 is 14.2 Å². The SMILES string of the molecule is CCCCOC1c2c(cc(OC)c(C(C)=O)c2OC)OC(C)(C)C1O. The number of methoxy groups -OCH3 is 2. The Morgan fingerprint density at radius 2 is 2.00 bits per heavy atom. The van der Waals surface area contributed by atoms with E-state index in [1.54, 1.807) is 19.9 Å². The van der Waals surface area contributed by atoms with Crippen molar-refractivity contribution in [3.05, 3.63) is 17.2 Å². The van der Waals surface area contributed by atoms with Crippen LogP contribution in [-0.4, -0.2) is 43.4 Å². The van der Waals surface area contributed by atoms with Gasteiger partial charge in [0, 0.05) is 12.7 Å². The summed E-state index contributed by atoms with van der Waals surface area (Å²) in [5.74, 6) is 1.01. The van der Waals surface area contributed by atoms with Crippen molar-refractivity contribution in [2.24, 2.45) is 0 Å². The van der Waals surface area contributed by atoms with Gasteiger partial charge in [-0.05, 0) is 27.2 Å². The third-order valence-electron chi connectivity index (χ3n) is 4.47. The van der Waals surface area contributed by atoms with Gasteiger partial charge < -0.3 is 24.1 Å². The van der Waals surface area contributed by atoms with E-state index in [0.717, 1.165) is 12.8 Å². The molecule has 0 saturated heterocycles. The number of ether oxygens (including phenoxy) is 4. The lowest BCUT2D eigenvalue weighted by atomic mass is 9.86. The summed E-state index contributed by atoms with van der Waals surface area (Å²) in [5.41, 5.74) is 0.0252. The van der Waals surface area contributed by atoms with E-state index in [1.165, 1.54) is 21.1 Å². The van der Waals surface area contributed by atoms with Crippen molar-refractivity contribution in [3.8, 4) is 17.2 Å². The van der Waals surface area contributed by atoms with Crippen LogP contribution in [0.5, 0.6) is 17.2 Å². The number of aliphatic hydroxyl groups is 1. The molecule has 0 spiro atoms. The maximum Gasteiger partial charge on any atom is 0.167 e. The predicted molar refractivity (Wildman–Crippen MR) is 93.9 cm³/mol. The zero-order chi connectivity index (χ0) is 18.8. The molecule has 0 aromatic heterocycles. The monoisotopic (exact) mass is 352 g/mol. The van der Waals surface area contributed by atoms with E-state index in [-0.39, 0.29) is 5.78 Å². The first kappa shape index (κ1) is 19.5. The molecular formula is C19H28O6. The highest BCUT2D eigenvalue weighted by atomic mass is 16.5. The van der Waals surface area contributed by atoms with Gasteiger partial charge >= 0.3 is 0 Å². The Balaban J connectivity index is 2.66. The number of unbranched alkanes of at least 4 members (excludes halogenated alkanes) is 1. The van der Waals surface area contributed by atoms with Crippen LogP contribution in [0.3, 0.4) is 0 Å². The minimum absolute atomic E-state index is 0.192. The van der Waals surface area contributed by atoms with Gasteiger partial charge in [-0.3, -0.25) is 4.79 Å². The number of aliphatic hydroxyl groups excluding tert-OH is 1. The van der Waals surface area contributed by atoms with Crippen LogP contribution in [0.4, 0.5) is 0 Å². The number of rotatable bonds is 7. The molecule has 6 nitrogen and oxygen atoms in total. The summed E-state index contributed by atoms with van der Waals surface area (Å²) in [4.78, 5) is 12.2. The highest BCUT2D eigenvalue weighted by molar-refractivity contribution is 6.00. The van der Waals surface area contributed by atoms with E-state index >= 15 is 0 Å². The van der Waals surface area contributed by atoms with Gasteiger partial charge in [0.25, 0.3) is 0 Å².